The molecule has 0 aliphatic heterocycles. The lowest BCUT2D eigenvalue weighted by atomic mass is 9.87. The predicted molar refractivity (Wildman–Crippen MR) is 66.6 cm³/mol. The summed E-state index contributed by atoms with van der Waals surface area (Å²) in [7, 11) is -3.07. The van der Waals surface area contributed by atoms with Crippen LogP contribution in [0.2, 0.25) is 0 Å². The van der Waals surface area contributed by atoms with Crippen molar-refractivity contribution in [2.45, 2.75) is 45.6 Å². The molecule has 0 radical (unpaired) electrons. The van der Waals surface area contributed by atoms with E-state index in [1.807, 2.05) is 13.8 Å². The average molecular weight is 248 g/mol. The van der Waals surface area contributed by atoms with Gasteiger partial charge in [-0.2, -0.15) is 0 Å². The molecule has 0 aromatic rings. The number of nitrogens with one attached hydrogen (secondary N) is 1. The van der Waals surface area contributed by atoms with Crippen molar-refractivity contribution >= 4 is 10.0 Å². The summed E-state index contributed by atoms with van der Waals surface area (Å²) in [6.45, 7) is 4.42. The van der Waals surface area contributed by atoms with Crippen LogP contribution < -0.4 is 10.5 Å². The molecule has 3 N–H and O–H groups in total. The van der Waals surface area contributed by atoms with Crippen LogP contribution in [0.4, 0.5) is 0 Å². The molecule has 0 bridgehead atoms. The molecule has 1 aliphatic rings. The van der Waals surface area contributed by atoms with E-state index in [9.17, 15) is 8.42 Å². The van der Waals surface area contributed by atoms with E-state index in [0.717, 1.165) is 25.7 Å². The molecular formula is C11H24N2O2S. The Morgan fingerprint density at radius 1 is 1.25 bits per heavy atom. The van der Waals surface area contributed by atoms with Gasteiger partial charge in [0.15, 0.2) is 0 Å². The van der Waals surface area contributed by atoms with Gasteiger partial charge in [0.2, 0.25) is 10.0 Å². The van der Waals surface area contributed by atoms with Crippen molar-refractivity contribution in [3.8, 4) is 0 Å². The molecular weight excluding hydrogens is 224 g/mol. The Labute approximate surface area is 99.0 Å². The summed E-state index contributed by atoms with van der Waals surface area (Å²) in [5.41, 5.74) is 5.81. The van der Waals surface area contributed by atoms with E-state index in [1.165, 1.54) is 0 Å². The first kappa shape index (κ1) is 13.9. The van der Waals surface area contributed by atoms with Crippen molar-refractivity contribution in [3.63, 3.8) is 0 Å². The molecule has 0 amide bonds. The van der Waals surface area contributed by atoms with Crippen LogP contribution in [0.25, 0.3) is 0 Å². The van der Waals surface area contributed by atoms with Gasteiger partial charge in [-0.25, -0.2) is 13.1 Å². The van der Waals surface area contributed by atoms with Crippen LogP contribution in [0.3, 0.4) is 0 Å². The molecule has 0 spiro atoms. The van der Waals surface area contributed by atoms with Gasteiger partial charge in [-0.05, 0) is 37.5 Å². The van der Waals surface area contributed by atoms with E-state index in [-0.39, 0.29) is 11.7 Å². The Bertz CT molecular complexity index is 293. The van der Waals surface area contributed by atoms with E-state index >= 15 is 0 Å². The molecule has 0 aromatic heterocycles. The lowest BCUT2D eigenvalue weighted by Gasteiger charge is -2.26. The zero-order valence-corrected chi connectivity index (χ0v) is 11.1. The van der Waals surface area contributed by atoms with Gasteiger partial charge < -0.3 is 5.73 Å². The lowest BCUT2D eigenvalue weighted by Crippen LogP contribution is -2.36. The van der Waals surface area contributed by atoms with E-state index in [2.05, 4.69) is 4.72 Å². The molecule has 1 saturated carbocycles. The fourth-order valence-electron chi connectivity index (χ4n) is 2.13. The molecule has 4 nitrogen and oxygen atoms in total. The van der Waals surface area contributed by atoms with Crippen LogP contribution in [0.1, 0.15) is 39.5 Å². The third kappa shape index (κ3) is 5.27. The Morgan fingerprint density at radius 2 is 1.81 bits per heavy atom. The summed E-state index contributed by atoms with van der Waals surface area (Å²) in [6, 6.07) is 0.323. The average Bonchev–Trinajstić information content (AvgIpc) is 2.15. The fourth-order valence-corrected chi connectivity index (χ4v) is 3.62. The third-order valence-electron chi connectivity index (χ3n) is 3.04. The van der Waals surface area contributed by atoms with Crippen molar-refractivity contribution in [1.29, 1.82) is 0 Å². The molecule has 1 rings (SSSR count). The molecule has 0 aromatic carbocycles. The van der Waals surface area contributed by atoms with Crippen LogP contribution in [-0.2, 0) is 10.0 Å². The van der Waals surface area contributed by atoms with E-state index in [1.54, 1.807) is 0 Å². The zero-order valence-electron chi connectivity index (χ0n) is 10.3. The number of hydrogen-bond acceptors (Lipinski definition) is 3. The van der Waals surface area contributed by atoms with E-state index in [4.69, 9.17) is 5.73 Å². The van der Waals surface area contributed by atoms with Crippen molar-refractivity contribution in [3.05, 3.63) is 0 Å². The van der Waals surface area contributed by atoms with Crippen LogP contribution in [0.15, 0.2) is 0 Å². The smallest absolute Gasteiger partial charge is 0.211 e. The van der Waals surface area contributed by atoms with Gasteiger partial charge in [0.1, 0.15) is 0 Å². The van der Waals surface area contributed by atoms with Crippen molar-refractivity contribution < 1.29 is 8.42 Å². The normalized spacial score (nSPS) is 27.2. The van der Waals surface area contributed by atoms with Gasteiger partial charge in [0.25, 0.3) is 0 Å². The van der Waals surface area contributed by atoms with Gasteiger partial charge >= 0.3 is 0 Å². The summed E-state index contributed by atoms with van der Waals surface area (Å²) >= 11 is 0. The number of hydrogen-bond donors (Lipinski definition) is 2. The molecule has 1 aliphatic carbocycles. The van der Waals surface area contributed by atoms with Crippen LogP contribution in [0, 0.1) is 11.8 Å². The molecule has 0 unspecified atom stereocenters. The number of sulfonamides is 1. The molecule has 5 heteroatoms. The van der Waals surface area contributed by atoms with Crippen LogP contribution in [0.5, 0.6) is 0 Å². The maximum Gasteiger partial charge on any atom is 0.211 e. The maximum absolute atomic E-state index is 11.6. The van der Waals surface area contributed by atoms with Crippen LogP contribution >= 0.6 is 0 Å². The van der Waals surface area contributed by atoms with E-state index in [0.29, 0.717) is 18.5 Å². The SMILES string of the molecule is CC(C)CS(=O)(=O)NCC1CCC(N)CC1. The molecule has 96 valence electrons. The topological polar surface area (TPSA) is 72.2 Å². The Balaban J connectivity index is 2.29. The standard InChI is InChI=1S/C11H24N2O2S/c1-9(2)8-16(14,15)13-7-10-3-5-11(12)6-4-10/h9-11,13H,3-8,12H2,1-2H3. The Hall–Kier alpha value is -0.130. The third-order valence-corrected chi connectivity index (χ3v) is 4.75. The first-order valence-electron chi connectivity index (χ1n) is 6.12. The largest absolute Gasteiger partial charge is 0.328 e. The van der Waals surface area contributed by atoms with Gasteiger partial charge in [-0.15, -0.1) is 0 Å². The highest BCUT2D eigenvalue weighted by Crippen LogP contribution is 2.22. The van der Waals surface area contributed by atoms with Crippen LogP contribution in [-0.4, -0.2) is 26.8 Å². The lowest BCUT2D eigenvalue weighted by molar-refractivity contribution is 0.326. The minimum atomic E-state index is -3.07. The second kappa shape index (κ2) is 5.98. The predicted octanol–water partition coefficient (Wildman–Crippen LogP) is 1.08. The second-order valence-corrected chi connectivity index (χ2v) is 7.16. The maximum atomic E-state index is 11.6. The fraction of sp³-hybridized carbons (Fsp3) is 1.00. The molecule has 0 saturated heterocycles. The Morgan fingerprint density at radius 3 is 2.31 bits per heavy atom. The second-order valence-electron chi connectivity index (χ2n) is 5.30. The monoisotopic (exact) mass is 248 g/mol. The number of rotatable bonds is 5. The zero-order chi connectivity index (χ0) is 12.2. The molecule has 1 fully saturated rings. The highest BCUT2D eigenvalue weighted by molar-refractivity contribution is 7.89. The summed E-state index contributed by atoms with van der Waals surface area (Å²) in [5, 5.41) is 0. The summed E-state index contributed by atoms with van der Waals surface area (Å²) in [5.74, 6) is 0.873. The first-order valence-corrected chi connectivity index (χ1v) is 7.77. The summed E-state index contributed by atoms with van der Waals surface area (Å²) in [4.78, 5) is 0. The summed E-state index contributed by atoms with van der Waals surface area (Å²) in [6.07, 6.45) is 4.14. The molecule has 0 atom stereocenters. The minimum Gasteiger partial charge on any atom is -0.328 e. The highest BCUT2D eigenvalue weighted by Gasteiger charge is 2.20. The van der Waals surface area contributed by atoms with Gasteiger partial charge in [0.05, 0.1) is 5.75 Å². The summed E-state index contributed by atoms with van der Waals surface area (Å²) < 4.78 is 25.9. The molecule has 16 heavy (non-hydrogen) atoms. The number of nitrogens with two attached hydrogens (primary N) is 1. The highest BCUT2D eigenvalue weighted by atomic mass is 32.2. The quantitative estimate of drug-likeness (QED) is 0.764. The van der Waals surface area contributed by atoms with Gasteiger partial charge in [0, 0.05) is 12.6 Å². The molecule has 0 heterocycles. The Kier molecular flexibility index (Phi) is 5.21. The van der Waals surface area contributed by atoms with E-state index < -0.39 is 10.0 Å². The van der Waals surface area contributed by atoms with Gasteiger partial charge in [-0.1, -0.05) is 13.8 Å². The van der Waals surface area contributed by atoms with Crippen molar-refractivity contribution in [2.75, 3.05) is 12.3 Å². The van der Waals surface area contributed by atoms with Crippen molar-refractivity contribution in [2.24, 2.45) is 17.6 Å². The minimum absolute atomic E-state index is 0.178. The van der Waals surface area contributed by atoms with Gasteiger partial charge in [-0.3, -0.25) is 0 Å². The first-order chi connectivity index (χ1) is 7.39. The van der Waals surface area contributed by atoms with Crippen molar-refractivity contribution in [1.82, 2.24) is 4.72 Å².